The van der Waals surface area contributed by atoms with Crippen molar-refractivity contribution in [3.63, 3.8) is 0 Å². The van der Waals surface area contributed by atoms with Crippen LogP contribution >= 0.6 is 11.8 Å². The normalized spacial score (nSPS) is 31.1. The number of hydrogen-bond donors (Lipinski definition) is 3. The van der Waals surface area contributed by atoms with Crippen LogP contribution in [0.4, 0.5) is 0 Å². The number of carbonyl (C=O) groups is 1. The number of methoxy groups -OCH3 is 1. The van der Waals surface area contributed by atoms with E-state index in [1.165, 1.54) is 11.8 Å². The molecular formula is C29H32AcN4O7S. The van der Waals surface area contributed by atoms with Crippen molar-refractivity contribution in [3.05, 3.63) is 39.4 Å². The molecule has 0 spiro atoms. The summed E-state index contributed by atoms with van der Waals surface area (Å²) in [5, 5.41) is 33.7. The molecule has 11 nitrogen and oxygen atoms in total. The maximum Gasteiger partial charge on any atom is 0.323 e. The number of ether oxygens (including phenoxy) is 4. The number of carbonyl (C=O) groups excluding carboxylic acids is 1. The minimum absolute atomic E-state index is 0. The van der Waals surface area contributed by atoms with E-state index in [1.807, 2.05) is 20.0 Å². The minimum atomic E-state index is -0.857. The fourth-order valence-corrected chi connectivity index (χ4v) is 9.16. The van der Waals surface area contributed by atoms with E-state index in [4.69, 9.17) is 24.7 Å². The third-order valence-electron chi connectivity index (χ3n) is 9.47. The third kappa shape index (κ3) is 4.02. The van der Waals surface area contributed by atoms with Crippen molar-refractivity contribution in [1.82, 2.24) is 9.80 Å². The number of thioether (sulfide) groups is 1. The molecule has 2 aromatic carbocycles. The molecule has 5 aliphatic rings. The van der Waals surface area contributed by atoms with Gasteiger partial charge in [-0.25, -0.2) is 0 Å². The van der Waals surface area contributed by atoms with Crippen LogP contribution in [0, 0.1) is 69.2 Å². The van der Waals surface area contributed by atoms with Gasteiger partial charge in [-0.3, -0.25) is 14.6 Å². The van der Waals surface area contributed by atoms with Crippen LogP contribution in [0.1, 0.15) is 50.7 Å². The molecule has 0 amide bonds. The molecule has 5 heterocycles. The van der Waals surface area contributed by atoms with Gasteiger partial charge in [0.25, 0.3) is 0 Å². The van der Waals surface area contributed by atoms with Crippen LogP contribution in [-0.2, 0) is 16.0 Å². The van der Waals surface area contributed by atoms with Gasteiger partial charge in [-0.05, 0) is 38.4 Å². The second kappa shape index (κ2) is 10.9. The first-order chi connectivity index (χ1) is 19.7. The maximum atomic E-state index is 12.8. The number of benzene rings is 2. The molecule has 0 saturated carbocycles. The Labute approximate surface area is 283 Å². The minimum Gasteiger partial charge on any atom is -0.507 e. The Morgan fingerprint density at radius 3 is 2.60 bits per heavy atom. The molecule has 0 aromatic heterocycles. The van der Waals surface area contributed by atoms with E-state index < -0.39 is 35.4 Å². The summed E-state index contributed by atoms with van der Waals surface area (Å²) in [7, 11) is 3.53. The summed E-state index contributed by atoms with van der Waals surface area (Å²) in [4.78, 5) is 17.1. The molecule has 2 saturated heterocycles. The molecule has 7 rings (SSSR count). The molecule has 1 unspecified atom stereocenters. The predicted molar refractivity (Wildman–Crippen MR) is 148 cm³/mol. The molecule has 2 aromatic rings. The maximum absolute atomic E-state index is 12.8. The van der Waals surface area contributed by atoms with Gasteiger partial charge in [-0.1, -0.05) is 6.07 Å². The van der Waals surface area contributed by atoms with Crippen molar-refractivity contribution in [2.24, 2.45) is 5.73 Å². The Morgan fingerprint density at radius 1 is 1.14 bits per heavy atom. The number of nitrogens with two attached hydrogens (primary N) is 1. The van der Waals surface area contributed by atoms with Gasteiger partial charge in [0.2, 0.25) is 6.79 Å². The van der Waals surface area contributed by atoms with Crippen molar-refractivity contribution in [2.45, 2.75) is 61.8 Å². The summed E-state index contributed by atoms with van der Waals surface area (Å²) < 4.78 is 23.2. The molecule has 7 atom stereocenters. The Balaban J connectivity index is 0.00000316. The van der Waals surface area contributed by atoms with Crippen LogP contribution in [0.3, 0.4) is 0 Å². The summed E-state index contributed by atoms with van der Waals surface area (Å²) >= 11 is 1.45. The van der Waals surface area contributed by atoms with Gasteiger partial charge in [0.15, 0.2) is 23.0 Å². The summed E-state index contributed by atoms with van der Waals surface area (Å²) in [5.41, 5.74) is 10.7. The number of aromatic hydroxyl groups is 2. The second-order valence-corrected chi connectivity index (χ2v) is 12.6. The van der Waals surface area contributed by atoms with Crippen molar-refractivity contribution in [2.75, 3.05) is 33.3 Å². The second-order valence-electron chi connectivity index (χ2n) is 11.4. The number of esters is 1. The van der Waals surface area contributed by atoms with Gasteiger partial charge in [-0.15, -0.1) is 11.8 Å². The van der Waals surface area contributed by atoms with Crippen LogP contribution in [0.15, 0.2) is 6.07 Å². The number of phenolic OH excluding ortho intramolecular Hbond substituents is 2. The van der Waals surface area contributed by atoms with E-state index in [1.54, 1.807) is 14.0 Å². The SMILES string of the molecule is COc1c(C)cc2c(c1O)[C@@H]1C3[C@@H]4SC[C@H](N)C(=O)OC[C@@H](c5c6c(c(C)c(O)c54)OCO6)N3[C@@H](C#N)[C@H](C2)N1C.[Ac]. The number of nitriles is 1. The third-order valence-corrected chi connectivity index (χ3v) is 10.9. The van der Waals surface area contributed by atoms with Crippen LogP contribution in [-0.4, -0.2) is 83.5 Å². The van der Waals surface area contributed by atoms with Crippen molar-refractivity contribution in [1.29, 1.82) is 5.26 Å². The Hall–Kier alpha value is -1.93. The summed E-state index contributed by atoms with van der Waals surface area (Å²) in [6, 6.07) is 1.56. The van der Waals surface area contributed by atoms with Gasteiger partial charge in [0.05, 0.1) is 30.5 Å². The van der Waals surface area contributed by atoms with Gasteiger partial charge < -0.3 is 34.9 Å². The number of hydrogen-bond acceptors (Lipinski definition) is 12. The first kappa shape index (κ1) is 30.1. The quantitative estimate of drug-likeness (QED) is 0.363. The first-order valence-corrected chi connectivity index (χ1v) is 14.7. The zero-order valence-electron chi connectivity index (χ0n) is 23.8. The number of fused-ring (bicyclic) bond motifs is 9. The van der Waals surface area contributed by atoms with Crippen molar-refractivity contribution < 1.29 is 78.0 Å². The van der Waals surface area contributed by atoms with E-state index in [2.05, 4.69) is 15.9 Å². The molecule has 2 fully saturated rings. The summed E-state index contributed by atoms with van der Waals surface area (Å²) in [6.07, 6.45) is 0.543. The Kier molecular flexibility index (Phi) is 7.82. The van der Waals surface area contributed by atoms with E-state index in [0.29, 0.717) is 40.4 Å². The van der Waals surface area contributed by atoms with Crippen LogP contribution < -0.4 is 19.9 Å². The van der Waals surface area contributed by atoms with Gasteiger partial charge >= 0.3 is 5.97 Å². The number of piperazine rings is 1. The van der Waals surface area contributed by atoms with Crippen LogP contribution in [0.5, 0.6) is 28.7 Å². The van der Waals surface area contributed by atoms with Crippen LogP contribution in [0.25, 0.3) is 0 Å². The van der Waals surface area contributed by atoms with Crippen molar-refractivity contribution in [3.8, 4) is 34.8 Å². The molecule has 4 N–H and O–H groups in total. The molecule has 4 bridgehead atoms. The summed E-state index contributed by atoms with van der Waals surface area (Å²) in [5.74, 6) is 1.27. The van der Waals surface area contributed by atoms with E-state index in [9.17, 15) is 20.3 Å². The summed E-state index contributed by atoms with van der Waals surface area (Å²) in [6.45, 7) is 3.61. The van der Waals surface area contributed by atoms with Gasteiger partial charge in [0, 0.05) is 84.2 Å². The fourth-order valence-electron chi connectivity index (χ4n) is 7.72. The van der Waals surface area contributed by atoms with Crippen molar-refractivity contribution >= 4 is 17.7 Å². The molecular weight excluding hydrogens is 775 g/mol. The molecule has 219 valence electrons. The number of likely N-dealkylation sites (N-methyl/N-ethyl adjacent to an activating group) is 1. The number of aryl methyl sites for hydroxylation is 1. The number of cyclic esters (lactones) is 1. The number of phenols is 2. The monoisotopic (exact) mass is 807 g/mol. The number of nitrogens with zero attached hydrogens (tertiary/aromatic N) is 3. The molecule has 1 radical (unpaired) electrons. The Morgan fingerprint density at radius 2 is 1.88 bits per heavy atom. The molecule has 5 aliphatic heterocycles. The topological polar surface area (TPSA) is 151 Å². The molecule has 0 aliphatic carbocycles. The number of rotatable bonds is 1. The zero-order valence-corrected chi connectivity index (χ0v) is 29.3. The molecule has 13 heteroatoms. The van der Waals surface area contributed by atoms with E-state index in [0.717, 1.165) is 16.7 Å². The van der Waals surface area contributed by atoms with E-state index >= 15 is 0 Å². The standard InChI is InChI=1S/C29H32N4O7S.Ac/c1-11-5-13-6-15-16(7-30)33-17-8-38-29(36)14(31)9-41-28(20-19(17)27-26(39-10-40-27)12(2)23(20)34)22(33)21(32(15)3)18(13)24(35)25(11)37-4;/h5,14-17,21-22,28,34-35H,6,8-10,31H2,1-4H3;/t14-,15-,16-,17-,21+,22?,28+;/m0./s1. The first-order valence-electron chi connectivity index (χ1n) is 13.7. The van der Waals surface area contributed by atoms with Gasteiger partial charge in [0.1, 0.15) is 24.4 Å². The van der Waals surface area contributed by atoms with Gasteiger partial charge in [-0.2, -0.15) is 5.26 Å². The molecule has 42 heavy (non-hydrogen) atoms. The average molecular weight is 808 g/mol. The predicted octanol–water partition coefficient (Wildman–Crippen LogP) is 2.34. The Bertz CT molecular complexity index is 1530. The average Bonchev–Trinajstić information content (AvgIpc) is 3.44. The zero-order chi connectivity index (χ0) is 28.9. The van der Waals surface area contributed by atoms with E-state index in [-0.39, 0.29) is 86.8 Å². The fraction of sp³-hybridized carbons (Fsp3) is 0.517. The van der Waals surface area contributed by atoms with Crippen LogP contribution in [0.2, 0.25) is 0 Å². The largest absolute Gasteiger partial charge is 0.507 e. The smallest absolute Gasteiger partial charge is 0.323 e.